The molecule has 2 amide bonds. The number of morpholine rings is 1. The van der Waals surface area contributed by atoms with Crippen molar-refractivity contribution >= 4 is 17.8 Å². The van der Waals surface area contributed by atoms with E-state index in [1.54, 1.807) is 6.20 Å². The zero-order valence-corrected chi connectivity index (χ0v) is 15.7. The van der Waals surface area contributed by atoms with Gasteiger partial charge < -0.3 is 25.4 Å². The number of hydrogen-bond donors (Lipinski definition) is 3. The van der Waals surface area contributed by atoms with E-state index in [1.165, 1.54) is 0 Å². The number of hydrogen-bond acceptors (Lipinski definition) is 5. The van der Waals surface area contributed by atoms with E-state index in [0.29, 0.717) is 38.8 Å². The normalized spacial score (nSPS) is 25.7. The Bertz CT molecular complexity index is 644. The lowest BCUT2D eigenvalue weighted by molar-refractivity contribution is -0.142. The molecule has 1 saturated carbocycles. The molecule has 0 aromatic carbocycles. The highest BCUT2D eigenvalue weighted by atomic mass is 16.5. The molecule has 3 N–H and O–H groups in total. The summed E-state index contributed by atoms with van der Waals surface area (Å²) in [5.41, 5.74) is 0.935. The highest BCUT2D eigenvalue weighted by Crippen LogP contribution is 2.24. The topological polar surface area (TPSA) is 104 Å². The van der Waals surface area contributed by atoms with Crippen molar-refractivity contribution < 1.29 is 19.4 Å². The molecule has 0 bridgehead atoms. The lowest BCUT2D eigenvalue weighted by Crippen LogP contribution is -2.44. The van der Waals surface area contributed by atoms with Crippen molar-refractivity contribution in [3.8, 4) is 0 Å². The summed E-state index contributed by atoms with van der Waals surface area (Å²) in [6.07, 6.45) is 4.64. The van der Waals surface area contributed by atoms with E-state index < -0.39 is 5.97 Å². The molecule has 0 radical (unpaired) electrons. The third-order valence-corrected chi connectivity index (χ3v) is 5.24. The van der Waals surface area contributed by atoms with Crippen LogP contribution in [0, 0.1) is 5.92 Å². The van der Waals surface area contributed by atoms with E-state index in [9.17, 15) is 9.59 Å². The first-order valence-electron chi connectivity index (χ1n) is 9.60. The fraction of sp³-hybridized carbons (Fsp3) is 0.632. The Kier molecular flexibility index (Phi) is 6.49. The predicted octanol–water partition coefficient (Wildman–Crippen LogP) is 1.75. The molecular formula is C19H28N4O4. The zero-order valence-electron chi connectivity index (χ0n) is 15.7. The van der Waals surface area contributed by atoms with Gasteiger partial charge in [0.25, 0.3) is 0 Å². The van der Waals surface area contributed by atoms with E-state index >= 15 is 0 Å². The van der Waals surface area contributed by atoms with E-state index in [4.69, 9.17) is 9.84 Å². The number of pyridine rings is 1. The van der Waals surface area contributed by atoms with Gasteiger partial charge in [0.1, 0.15) is 5.82 Å². The Morgan fingerprint density at radius 3 is 2.70 bits per heavy atom. The molecule has 1 aromatic heterocycles. The maximum Gasteiger partial charge on any atom is 0.315 e. The summed E-state index contributed by atoms with van der Waals surface area (Å²) in [5, 5.41) is 14.8. The van der Waals surface area contributed by atoms with Crippen molar-refractivity contribution in [3.63, 3.8) is 0 Å². The first kappa shape index (κ1) is 19.4. The van der Waals surface area contributed by atoms with Gasteiger partial charge in [0, 0.05) is 31.9 Å². The maximum atomic E-state index is 12.1. The summed E-state index contributed by atoms with van der Waals surface area (Å²) in [4.78, 5) is 29.7. The monoisotopic (exact) mass is 376 g/mol. The molecular weight excluding hydrogens is 348 g/mol. The van der Waals surface area contributed by atoms with Gasteiger partial charge in [0.05, 0.1) is 18.6 Å². The number of carboxylic acid groups (broad SMARTS) is 1. The van der Waals surface area contributed by atoms with Crippen LogP contribution in [0.4, 0.5) is 10.6 Å². The number of anilines is 1. The highest BCUT2D eigenvalue weighted by molar-refractivity contribution is 5.74. The van der Waals surface area contributed by atoms with Crippen LogP contribution in [0.15, 0.2) is 18.3 Å². The molecule has 0 spiro atoms. The van der Waals surface area contributed by atoms with E-state index in [0.717, 1.165) is 24.5 Å². The molecule has 1 atom stereocenters. The van der Waals surface area contributed by atoms with E-state index in [1.807, 2.05) is 12.1 Å². The minimum atomic E-state index is -0.736. The number of rotatable bonds is 5. The van der Waals surface area contributed by atoms with Crippen LogP contribution in [0.2, 0.25) is 0 Å². The zero-order chi connectivity index (χ0) is 19.2. The van der Waals surface area contributed by atoms with Crippen molar-refractivity contribution in [2.24, 2.45) is 5.92 Å². The van der Waals surface area contributed by atoms with Crippen molar-refractivity contribution in [2.75, 3.05) is 24.6 Å². The second-order valence-electron chi connectivity index (χ2n) is 7.37. The fourth-order valence-corrected chi connectivity index (χ4v) is 3.64. The number of urea groups is 1. The molecule has 148 valence electrons. The van der Waals surface area contributed by atoms with E-state index in [-0.39, 0.29) is 24.1 Å². The molecule has 3 rings (SSSR count). The third kappa shape index (κ3) is 5.56. The summed E-state index contributed by atoms with van der Waals surface area (Å²) < 4.78 is 5.55. The lowest BCUT2D eigenvalue weighted by atomic mass is 9.86. The van der Waals surface area contributed by atoms with Gasteiger partial charge in [-0.05, 0) is 44.2 Å². The summed E-state index contributed by atoms with van der Waals surface area (Å²) in [5.74, 6) is -0.0842. The van der Waals surface area contributed by atoms with Crippen molar-refractivity contribution in [3.05, 3.63) is 23.9 Å². The van der Waals surface area contributed by atoms with Crippen LogP contribution in [0.3, 0.4) is 0 Å². The standard InChI is InChI=1S/C19H28N4O4/c1-13-12-23(8-9-27-13)17-7-2-14(10-20-17)11-21-19(26)22-16-5-3-15(4-6-16)18(24)25/h2,7,10,13,15-16H,3-6,8-9,11-12H2,1H3,(H,24,25)(H2,21,22,26). The summed E-state index contributed by atoms with van der Waals surface area (Å²) in [6, 6.07) is 3.77. The number of carboxylic acids is 1. The Morgan fingerprint density at radius 1 is 1.30 bits per heavy atom. The molecule has 2 aliphatic rings. The SMILES string of the molecule is CC1CN(c2ccc(CNC(=O)NC3CCC(C(=O)O)CC3)cn2)CCO1. The molecule has 2 heterocycles. The molecule has 1 aromatic rings. The minimum absolute atomic E-state index is 0.0458. The van der Waals surface area contributed by atoms with Crippen LogP contribution < -0.4 is 15.5 Å². The van der Waals surface area contributed by atoms with Gasteiger partial charge in [0.2, 0.25) is 0 Å². The Labute approximate surface area is 159 Å². The van der Waals surface area contributed by atoms with Gasteiger partial charge in [-0.25, -0.2) is 9.78 Å². The Morgan fingerprint density at radius 2 is 2.07 bits per heavy atom. The van der Waals surface area contributed by atoms with Crippen molar-refractivity contribution in [1.29, 1.82) is 0 Å². The molecule has 27 heavy (non-hydrogen) atoms. The number of nitrogens with zero attached hydrogens (tertiary/aromatic N) is 2. The van der Waals surface area contributed by atoms with Gasteiger partial charge in [0.15, 0.2) is 0 Å². The van der Waals surface area contributed by atoms with Gasteiger partial charge in [-0.3, -0.25) is 4.79 Å². The molecule has 1 unspecified atom stereocenters. The molecule has 1 aliphatic heterocycles. The molecule has 8 nitrogen and oxygen atoms in total. The van der Waals surface area contributed by atoms with Crippen molar-refractivity contribution in [2.45, 2.75) is 51.3 Å². The number of nitrogens with one attached hydrogen (secondary N) is 2. The van der Waals surface area contributed by atoms with Gasteiger partial charge in [-0.15, -0.1) is 0 Å². The third-order valence-electron chi connectivity index (χ3n) is 5.24. The van der Waals surface area contributed by atoms with Crippen LogP contribution in [0.1, 0.15) is 38.2 Å². The second-order valence-corrected chi connectivity index (χ2v) is 7.37. The largest absolute Gasteiger partial charge is 0.481 e. The van der Waals surface area contributed by atoms with Crippen LogP contribution in [-0.4, -0.2) is 53.9 Å². The molecule has 2 fully saturated rings. The highest BCUT2D eigenvalue weighted by Gasteiger charge is 2.26. The van der Waals surface area contributed by atoms with Gasteiger partial charge in [-0.1, -0.05) is 6.07 Å². The van der Waals surface area contributed by atoms with Crippen LogP contribution in [-0.2, 0) is 16.1 Å². The molecule has 1 aliphatic carbocycles. The number of aliphatic carboxylic acids is 1. The van der Waals surface area contributed by atoms with Crippen molar-refractivity contribution in [1.82, 2.24) is 15.6 Å². The number of amides is 2. The summed E-state index contributed by atoms with van der Waals surface area (Å²) >= 11 is 0. The Balaban J connectivity index is 1.40. The van der Waals surface area contributed by atoms with Gasteiger partial charge >= 0.3 is 12.0 Å². The predicted molar refractivity (Wildman–Crippen MR) is 101 cm³/mol. The first-order chi connectivity index (χ1) is 13.0. The number of carbonyl (C=O) groups is 2. The van der Waals surface area contributed by atoms with Crippen LogP contribution >= 0.6 is 0 Å². The number of ether oxygens (including phenoxy) is 1. The number of carbonyl (C=O) groups excluding carboxylic acids is 1. The van der Waals surface area contributed by atoms with Crippen LogP contribution in [0.5, 0.6) is 0 Å². The summed E-state index contributed by atoms with van der Waals surface area (Å²) in [7, 11) is 0. The minimum Gasteiger partial charge on any atom is -0.481 e. The molecule has 1 saturated heterocycles. The average molecular weight is 376 g/mol. The fourth-order valence-electron chi connectivity index (χ4n) is 3.64. The van der Waals surface area contributed by atoms with E-state index in [2.05, 4.69) is 27.4 Å². The molecule has 8 heteroatoms. The van der Waals surface area contributed by atoms with Crippen LogP contribution in [0.25, 0.3) is 0 Å². The van der Waals surface area contributed by atoms with Gasteiger partial charge in [-0.2, -0.15) is 0 Å². The number of aromatic nitrogens is 1. The smallest absolute Gasteiger partial charge is 0.315 e. The average Bonchev–Trinajstić information content (AvgIpc) is 2.67. The second kappa shape index (κ2) is 9.03. The summed E-state index contributed by atoms with van der Waals surface area (Å²) in [6.45, 7) is 4.83. The lowest BCUT2D eigenvalue weighted by Gasteiger charge is -2.32. The quantitative estimate of drug-likeness (QED) is 0.723. The Hall–Kier alpha value is -2.35. The first-order valence-corrected chi connectivity index (χ1v) is 9.60. The maximum absolute atomic E-state index is 12.1.